The second-order valence-electron chi connectivity index (χ2n) is 3.54. The molecule has 0 spiro atoms. The van der Waals surface area contributed by atoms with Crippen LogP contribution in [0.4, 0.5) is 18.9 Å². The van der Waals surface area contributed by atoms with Gasteiger partial charge in [-0.25, -0.2) is 4.79 Å². The van der Waals surface area contributed by atoms with E-state index < -0.39 is 29.6 Å². The zero-order valence-corrected chi connectivity index (χ0v) is 9.75. The topological polar surface area (TPSA) is 61.5 Å². The summed E-state index contributed by atoms with van der Waals surface area (Å²) in [6.07, 6.45) is -5.75. The first-order valence-electron chi connectivity index (χ1n) is 4.97. The Morgan fingerprint density at radius 3 is 2.50 bits per heavy atom. The number of nitrogen functional groups attached to an aromatic ring is 1. The summed E-state index contributed by atoms with van der Waals surface area (Å²) in [4.78, 5) is 11.1. The Morgan fingerprint density at radius 2 is 2.00 bits per heavy atom. The van der Waals surface area contributed by atoms with E-state index in [2.05, 4.69) is 4.74 Å². The number of benzene rings is 1. The standard InChI is InChI=1S/C11H12F3NO3/c1-6(10(16)17-2)18-9-4-3-7(15)5-8(9)11(12,13)14/h3-6H,15H2,1-2H3. The number of nitrogens with two attached hydrogens (primary N) is 1. The van der Waals surface area contributed by atoms with Gasteiger partial charge < -0.3 is 15.2 Å². The van der Waals surface area contributed by atoms with Gasteiger partial charge in [0.1, 0.15) is 5.75 Å². The molecule has 0 fully saturated rings. The molecule has 18 heavy (non-hydrogen) atoms. The van der Waals surface area contributed by atoms with Gasteiger partial charge in [0.2, 0.25) is 0 Å². The van der Waals surface area contributed by atoms with E-state index in [9.17, 15) is 18.0 Å². The summed E-state index contributed by atoms with van der Waals surface area (Å²) < 4.78 is 47.4. The molecule has 0 aliphatic carbocycles. The Labute approximate surface area is 101 Å². The smallest absolute Gasteiger partial charge is 0.420 e. The highest BCUT2D eigenvalue weighted by atomic mass is 19.4. The van der Waals surface area contributed by atoms with Crippen molar-refractivity contribution in [1.29, 1.82) is 0 Å². The van der Waals surface area contributed by atoms with Crippen molar-refractivity contribution in [1.82, 2.24) is 0 Å². The molecule has 0 aliphatic rings. The number of carbonyl (C=O) groups is 1. The van der Waals surface area contributed by atoms with Crippen LogP contribution in [0.25, 0.3) is 0 Å². The second-order valence-corrected chi connectivity index (χ2v) is 3.54. The Balaban J connectivity index is 3.06. The lowest BCUT2D eigenvalue weighted by Gasteiger charge is -2.17. The third-order valence-electron chi connectivity index (χ3n) is 2.15. The minimum Gasteiger partial charge on any atom is -0.478 e. The van der Waals surface area contributed by atoms with Crippen LogP contribution in [-0.2, 0) is 15.7 Å². The summed E-state index contributed by atoms with van der Waals surface area (Å²) in [5.41, 5.74) is 4.22. The Kier molecular flexibility index (Phi) is 4.05. The van der Waals surface area contributed by atoms with Gasteiger partial charge in [0.25, 0.3) is 0 Å². The number of carbonyl (C=O) groups excluding carboxylic acids is 1. The minimum absolute atomic E-state index is 0.0413. The molecular weight excluding hydrogens is 251 g/mol. The average Bonchev–Trinajstić information content (AvgIpc) is 2.28. The number of rotatable bonds is 3. The number of methoxy groups -OCH3 is 1. The van der Waals surface area contributed by atoms with Crippen LogP contribution in [0, 0.1) is 0 Å². The summed E-state index contributed by atoms with van der Waals surface area (Å²) in [7, 11) is 1.12. The van der Waals surface area contributed by atoms with Crippen LogP contribution < -0.4 is 10.5 Å². The van der Waals surface area contributed by atoms with Crippen molar-refractivity contribution in [3.63, 3.8) is 0 Å². The van der Waals surface area contributed by atoms with Crippen LogP contribution in [0.3, 0.4) is 0 Å². The van der Waals surface area contributed by atoms with E-state index >= 15 is 0 Å². The maximum Gasteiger partial charge on any atom is 0.420 e. The number of hydrogen-bond acceptors (Lipinski definition) is 4. The summed E-state index contributed by atoms with van der Waals surface area (Å²) in [5.74, 6) is -1.23. The summed E-state index contributed by atoms with van der Waals surface area (Å²) >= 11 is 0. The number of ether oxygens (including phenoxy) is 2. The molecular formula is C11H12F3NO3. The summed E-state index contributed by atoms with van der Waals surface area (Å²) in [5, 5.41) is 0. The largest absolute Gasteiger partial charge is 0.478 e. The van der Waals surface area contributed by atoms with Crippen LogP contribution >= 0.6 is 0 Å². The first-order valence-corrected chi connectivity index (χ1v) is 4.97. The van der Waals surface area contributed by atoms with Crippen LogP contribution in [0.15, 0.2) is 18.2 Å². The van der Waals surface area contributed by atoms with Crippen LogP contribution in [0.5, 0.6) is 5.75 Å². The normalized spacial score (nSPS) is 12.9. The van der Waals surface area contributed by atoms with Gasteiger partial charge in [0.15, 0.2) is 6.10 Å². The molecule has 0 aliphatic heterocycles. The lowest BCUT2D eigenvalue weighted by Crippen LogP contribution is -2.26. The fourth-order valence-electron chi connectivity index (χ4n) is 1.28. The Bertz CT molecular complexity index is 446. The lowest BCUT2D eigenvalue weighted by atomic mass is 10.1. The van der Waals surface area contributed by atoms with E-state index in [0.717, 1.165) is 19.2 Å². The molecule has 0 saturated heterocycles. The van der Waals surface area contributed by atoms with Gasteiger partial charge in [0.05, 0.1) is 12.7 Å². The van der Waals surface area contributed by atoms with Gasteiger partial charge in [-0.15, -0.1) is 0 Å². The first-order chi connectivity index (χ1) is 8.25. The molecule has 1 atom stereocenters. The van der Waals surface area contributed by atoms with Gasteiger partial charge in [-0.1, -0.05) is 0 Å². The predicted molar refractivity (Wildman–Crippen MR) is 58.0 cm³/mol. The van der Waals surface area contributed by atoms with E-state index in [0.29, 0.717) is 0 Å². The van der Waals surface area contributed by atoms with Gasteiger partial charge in [-0.3, -0.25) is 0 Å². The molecule has 1 rings (SSSR count). The van der Waals surface area contributed by atoms with Crippen molar-refractivity contribution in [2.75, 3.05) is 12.8 Å². The number of alkyl halides is 3. The van der Waals surface area contributed by atoms with Crippen molar-refractivity contribution in [3.8, 4) is 5.75 Å². The average molecular weight is 263 g/mol. The van der Waals surface area contributed by atoms with E-state index in [1.807, 2.05) is 0 Å². The number of halogens is 3. The first kappa shape index (κ1) is 14.1. The molecule has 4 nitrogen and oxygen atoms in total. The van der Waals surface area contributed by atoms with Crippen molar-refractivity contribution < 1.29 is 27.4 Å². The lowest BCUT2D eigenvalue weighted by molar-refractivity contribution is -0.150. The highest BCUT2D eigenvalue weighted by molar-refractivity contribution is 5.74. The van der Waals surface area contributed by atoms with Crippen molar-refractivity contribution in [2.24, 2.45) is 0 Å². The van der Waals surface area contributed by atoms with Crippen LogP contribution in [-0.4, -0.2) is 19.2 Å². The molecule has 7 heteroatoms. The predicted octanol–water partition coefficient (Wildman–Crippen LogP) is 2.23. The molecule has 0 saturated carbocycles. The van der Waals surface area contributed by atoms with Crippen molar-refractivity contribution in [3.05, 3.63) is 23.8 Å². The zero-order chi connectivity index (χ0) is 13.9. The third kappa shape index (κ3) is 3.28. The molecule has 0 bridgehead atoms. The van der Waals surface area contributed by atoms with Crippen molar-refractivity contribution >= 4 is 11.7 Å². The van der Waals surface area contributed by atoms with Gasteiger partial charge >= 0.3 is 12.1 Å². The third-order valence-corrected chi connectivity index (χ3v) is 2.15. The monoisotopic (exact) mass is 263 g/mol. The second kappa shape index (κ2) is 5.16. The fraction of sp³-hybridized carbons (Fsp3) is 0.364. The van der Waals surface area contributed by atoms with Crippen LogP contribution in [0.1, 0.15) is 12.5 Å². The maximum absolute atomic E-state index is 12.7. The summed E-state index contributed by atoms with van der Waals surface area (Å²) in [6.45, 7) is 1.29. The number of hydrogen-bond donors (Lipinski definition) is 1. The summed E-state index contributed by atoms with van der Waals surface area (Å²) in [6, 6.07) is 3.07. The molecule has 0 amide bonds. The molecule has 0 heterocycles. The van der Waals surface area contributed by atoms with E-state index in [1.165, 1.54) is 13.0 Å². The van der Waals surface area contributed by atoms with Crippen molar-refractivity contribution in [2.45, 2.75) is 19.2 Å². The minimum atomic E-state index is -4.61. The van der Waals surface area contributed by atoms with E-state index in [4.69, 9.17) is 10.5 Å². The van der Waals surface area contributed by atoms with Gasteiger partial charge in [-0.05, 0) is 25.1 Å². The highest BCUT2D eigenvalue weighted by Crippen LogP contribution is 2.37. The molecule has 1 aromatic rings. The molecule has 0 radical (unpaired) electrons. The van der Waals surface area contributed by atoms with Gasteiger partial charge in [0, 0.05) is 5.69 Å². The molecule has 100 valence electrons. The zero-order valence-electron chi connectivity index (χ0n) is 9.75. The molecule has 2 N–H and O–H groups in total. The number of esters is 1. The Hall–Kier alpha value is -1.92. The SMILES string of the molecule is COC(=O)C(C)Oc1ccc(N)cc1C(F)(F)F. The maximum atomic E-state index is 12.7. The quantitative estimate of drug-likeness (QED) is 0.671. The van der Waals surface area contributed by atoms with E-state index in [-0.39, 0.29) is 5.69 Å². The Morgan fingerprint density at radius 1 is 1.39 bits per heavy atom. The van der Waals surface area contributed by atoms with Gasteiger partial charge in [-0.2, -0.15) is 13.2 Å². The molecule has 0 aromatic heterocycles. The number of anilines is 1. The highest BCUT2D eigenvalue weighted by Gasteiger charge is 2.35. The molecule has 1 aromatic carbocycles. The molecule has 1 unspecified atom stereocenters. The fourth-order valence-corrected chi connectivity index (χ4v) is 1.28. The van der Waals surface area contributed by atoms with Crippen LogP contribution in [0.2, 0.25) is 0 Å². The van der Waals surface area contributed by atoms with E-state index in [1.54, 1.807) is 0 Å².